The molecule has 1 heterocycles. The van der Waals surface area contributed by atoms with Crippen molar-refractivity contribution in [1.29, 1.82) is 0 Å². The van der Waals surface area contributed by atoms with Crippen molar-refractivity contribution < 1.29 is 9.53 Å². The number of methoxy groups -OCH3 is 1. The van der Waals surface area contributed by atoms with Gasteiger partial charge in [-0.25, -0.2) is 9.67 Å². The number of rotatable bonds is 5. The van der Waals surface area contributed by atoms with Crippen molar-refractivity contribution in [3.05, 3.63) is 72.3 Å². The zero-order chi connectivity index (χ0) is 16.1. The minimum absolute atomic E-state index is 0.156. The van der Waals surface area contributed by atoms with E-state index in [0.717, 1.165) is 17.0 Å². The van der Waals surface area contributed by atoms with Crippen LogP contribution in [0.1, 0.15) is 15.9 Å². The maximum absolute atomic E-state index is 12.2. The van der Waals surface area contributed by atoms with E-state index in [-0.39, 0.29) is 5.91 Å². The molecule has 0 aliphatic carbocycles. The van der Waals surface area contributed by atoms with Crippen LogP contribution in [0.25, 0.3) is 0 Å². The van der Waals surface area contributed by atoms with E-state index in [9.17, 15) is 4.79 Å². The van der Waals surface area contributed by atoms with Gasteiger partial charge < -0.3 is 10.1 Å². The Balaban J connectivity index is 1.64. The molecule has 0 aliphatic rings. The molecule has 3 aromatic rings. The molecule has 116 valence electrons. The highest BCUT2D eigenvalue weighted by atomic mass is 16.5. The summed E-state index contributed by atoms with van der Waals surface area (Å²) in [6.07, 6.45) is 3.17. The van der Waals surface area contributed by atoms with E-state index in [2.05, 4.69) is 15.4 Å². The molecule has 3 rings (SSSR count). The van der Waals surface area contributed by atoms with Gasteiger partial charge >= 0.3 is 0 Å². The third kappa shape index (κ3) is 3.74. The second kappa shape index (κ2) is 6.74. The van der Waals surface area contributed by atoms with Gasteiger partial charge in [-0.1, -0.05) is 12.1 Å². The molecule has 23 heavy (non-hydrogen) atoms. The van der Waals surface area contributed by atoms with Crippen LogP contribution in [-0.2, 0) is 6.54 Å². The molecule has 2 aromatic carbocycles. The average Bonchev–Trinajstić information content (AvgIpc) is 3.10. The summed E-state index contributed by atoms with van der Waals surface area (Å²) in [5.41, 5.74) is 2.41. The van der Waals surface area contributed by atoms with Crippen molar-refractivity contribution in [3.63, 3.8) is 0 Å². The van der Waals surface area contributed by atoms with Gasteiger partial charge in [-0.15, -0.1) is 0 Å². The Bertz CT molecular complexity index is 765. The van der Waals surface area contributed by atoms with Crippen molar-refractivity contribution in [2.24, 2.45) is 0 Å². The number of benzene rings is 2. The summed E-state index contributed by atoms with van der Waals surface area (Å²) >= 11 is 0. The zero-order valence-electron chi connectivity index (χ0n) is 12.6. The first-order valence-corrected chi connectivity index (χ1v) is 7.11. The Labute approximate surface area is 133 Å². The standard InChI is InChI=1S/C17H16N4O2/c1-23-16-8-4-14(5-9-16)17(22)20-15-6-2-13(3-7-15)10-21-12-18-11-19-21/h2-9,11-12H,10H2,1H3,(H,20,22). The predicted octanol–water partition coefficient (Wildman–Crippen LogP) is 2.59. The molecule has 1 aromatic heterocycles. The molecular weight excluding hydrogens is 292 g/mol. The number of carbonyl (C=O) groups is 1. The van der Waals surface area contributed by atoms with Crippen LogP contribution < -0.4 is 10.1 Å². The second-order valence-corrected chi connectivity index (χ2v) is 4.97. The van der Waals surface area contributed by atoms with Gasteiger partial charge in [0.15, 0.2) is 0 Å². The van der Waals surface area contributed by atoms with Crippen LogP contribution in [0.4, 0.5) is 5.69 Å². The summed E-state index contributed by atoms with van der Waals surface area (Å²) < 4.78 is 6.82. The number of hydrogen-bond donors (Lipinski definition) is 1. The normalized spacial score (nSPS) is 10.3. The minimum Gasteiger partial charge on any atom is -0.497 e. The summed E-state index contributed by atoms with van der Waals surface area (Å²) in [7, 11) is 1.59. The molecule has 6 heteroatoms. The van der Waals surface area contributed by atoms with Crippen LogP contribution >= 0.6 is 0 Å². The molecule has 0 atom stereocenters. The first kappa shape index (κ1) is 14.8. The van der Waals surface area contributed by atoms with E-state index >= 15 is 0 Å². The van der Waals surface area contributed by atoms with E-state index in [1.54, 1.807) is 42.4 Å². The van der Waals surface area contributed by atoms with Crippen molar-refractivity contribution >= 4 is 11.6 Å². The van der Waals surface area contributed by atoms with E-state index in [0.29, 0.717) is 12.1 Å². The summed E-state index contributed by atoms with van der Waals surface area (Å²) in [6, 6.07) is 14.6. The minimum atomic E-state index is -0.156. The Morgan fingerprint density at radius 2 is 1.87 bits per heavy atom. The quantitative estimate of drug-likeness (QED) is 0.786. The van der Waals surface area contributed by atoms with Crippen LogP contribution in [0, 0.1) is 0 Å². The molecular formula is C17H16N4O2. The fourth-order valence-corrected chi connectivity index (χ4v) is 2.14. The van der Waals surface area contributed by atoms with Gasteiger partial charge in [-0.05, 0) is 42.0 Å². The molecule has 1 amide bonds. The number of hydrogen-bond acceptors (Lipinski definition) is 4. The maximum atomic E-state index is 12.2. The molecule has 0 fully saturated rings. The Morgan fingerprint density at radius 3 is 2.48 bits per heavy atom. The Hall–Kier alpha value is -3.15. The largest absolute Gasteiger partial charge is 0.497 e. The van der Waals surface area contributed by atoms with Gasteiger partial charge in [-0.2, -0.15) is 5.10 Å². The third-order valence-corrected chi connectivity index (χ3v) is 3.38. The highest BCUT2D eigenvalue weighted by Gasteiger charge is 2.06. The van der Waals surface area contributed by atoms with Gasteiger partial charge in [0.2, 0.25) is 0 Å². The van der Waals surface area contributed by atoms with E-state index in [1.165, 1.54) is 6.33 Å². The molecule has 0 saturated heterocycles. The van der Waals surface area contributed by atoms with E-state index in [1.807, 2.05) is 24.3 Å². The summed E-state index contributed by atoms with van der Waals surface area (Å²) in [5, 5.41) is 6.93. The van der Waals surface area contributed by atoms with Crippen molar-refractivity contribution in [2.75, 3.05) is 12.4 Å². The molecule has 1 N–H and O–H groups in total. The average molecular weight is 308 g/mol. The van der Waals surface area contributed by atoms with Gasteiger partial charge in [0.25, 0.3) is 5.91 Å². The van der Waals surface area contributed by atoms with Crippen molar-refractivity contribution in [1.82, 2.24) is 14.8 Å². The summed E-state index contributed by atoms with van der Waals surface area (Å²) in [5.74, 6) is 0.565. The number of nitrogens with zero attached hydrogens (tertiary/aromatic N) is 3. The van der Waals surface area contributed by atoms with Gasteiger partial charge in [-0.3, -0.25) is 4.79 Å². The molecule has 0 unspecified atom stereocenters. The number of anilines is 1. The maximum Gasteiger partial charge on any atom is 0.255 e. The molecule has 0 spiro atoms. The molecule has 6 nitrogen and oxygen atoms in total. The lowest BCUT2D eigenvalue weighted by Gasteiger charge is -2.07. The zero-order valence-corrected chi connectivity index (χ0v) is 12.6. The number of nitrogens with one attached hydrogen (secondary N) is 1. The SMILES string of the molecule is COc1ccc(C(=O)Nc2ccc(Cn3cncn3)cc2)cc1. The summed E-state index contributed by atoms with van der Waals surface area (Å²) in [6.45, 7) is 0.646. The van der Waals surface area contributed by atoms with E-state index < -0.39 is 0 Å². The lowest BCUT2D eigenvalue weighted by molar-refractivity contribution is 0.102. The van der Waals surface area contributed by atoms with E-state index in [4.69, 9.17) is 4.74 Å². The highest BCUT2D eigenvalue weighted by molar-refractivity contribution is 6.04. The van der Waals surface area contributed by atoms with Crippen LogP contribution in [0.5, 0.6) is 5.75 Å². The second-order valence-electron chi connectivity index (χ2n) is 4.97. The topological polar surface area (TPSA) is 69.0 Å². The smallest absolute Gasteiger partial charge is 0.255 e. The summed E-state index contributed by atoms with van der Waals surface area (Å²) in [4.78, 5) is 16.1. The fourth-order valence-electron chi connectivity index (χ4n) is 2.14. The Morgan fingerprint density at radius 1 is 1.13 bits per heavy atom. The van der Waals surface area contributed by atoms with Crippen LogP contribution in [0.3, 0.4) is 0 Å². The number of ether oxygens (including phenoxy) is 1. The van der Waals surface area contributed by atoms with Crippen molar-refractivity contribution in [3.8, 4) is 5.75 Å². The third-order valence-electron chi connectivity index (χ3n) is 3.38. The van der Waals surface area contributed by atoms with Crippen LogP contribution in [-0.4, -0.2) is 27.8 Å². The fraction of sp³-hybridized carbons (Fsp3) is 0.118. The molecule has 0 bridgehead atoms. The van der Waals surface area contributed by atoms with Crippen LogP contribution in [0.15, 0.2) is 61.2 Å². The molecule has 0 saturated carbocycles. The number of aromatic nitrogens is 3. The Kier molecular flexibility index (Phi) is 4.33. The lowest BCUT2D eigenvalue weighted by Crippen LogP contribution is -2.11. The van der Waals surface area contributed by atoms with Crippen molar-refractivity contribution in [2.45, 2.75) is 6.54 Å². The van der Waals surface area contributed by atoms with Gasteiger partial charge in [0.05, 0.1) is 13.7 Å². The molecule has 0 aliphatic heterocycles. The highest BCUT2D eigenvalue weighted by Crippen LogP contribution is 2.15. The van der Waals surface area contributed by atoms with Crippen LogP contribution in [0.2, 0.25) is 0 Å². The first-order chi connectivity index (χ1) is 11.2. The predicted molar refractivity (Wildman–Crippen MR) is 86.5 cm³/mol. The first-order valence-electron chi connectivity index (χ1n) is 7.11. The molecule has 0 radical (unpaired) electrons. The van der Waals surface area contributed by atoms with Gasteiger partial charge in [0, 0.05) is 11.3 Å². The number of amides is 1. The monoisotopic (exact) mass is 308 g/mol. The lowest BCUT2D eigenvalue weighted by atomic mass is 10.1. The van der Waals surface area contributed by atoms with Gasteiger partial charge in [0.1, 0.15) is 18.4 Å². The number of carbonyl (C=O) groups excluding carboxylic acids is 1.